The second-order valence-corrected chi connectivity index (χ2v) is 31.1. The van der Waals surface area contributed by atoms with E-state index >= 15 is 4.79 Å². The predicted molar refractivity (Wildman–Crippen MR) is 314 cm³/mol. The van der Waals surface area contributed by atoms with Gasteiger partial charge in [-0.25, -0.2) is 0 Å². The third-order valence-corrected chi connectivity index (χ3v) is 24.3. The lowest BCUT2D eigenvalue weighted by Crippen LogP contribution is -2.71. The van der Waals surface area contributed by atoms with E-state index in [4.69, 9.17) is 56.8 Å². The van der Waals surface area contributed by atoms with E-state index in [1.54, 1.807) is 6.92 Å². The SMILES string of the molecule is C[C@@H]1O[C@H]2O[C@H]3[C@@H](OC[C@H](O)[C@@H]3O)OC(=O)[C@]34CCC(C)(C)C[C@H]3C3=CC[C@@H]5[C@@]6(C)C[C@H](O)[C@H](O[C@@H]7O[C@H](CO)[C@@H](O)[C@H](O)[C@H]7O[C@@H]7O[C@@H](COC(=O)C[C@](C)(O)CC(=O)O[C@@H]1[C@@H](O[C@@H]1OC[C@@H](O)[C@H](O)[C@H]1O)[C@H]2O)[C@H](O)[C@@H](O)[C@@H]7O)[C@@](C)(CO)[C@@H]6CC[C@@]5(C)[C@]3(C)C[C@H]4O. The molecule has 0 radical (unpaired) electrons. The Balaban J connectivity index is 0.966. The number of carbonyl (C=O) groups excluding carboxylic acids is 3. The van der Waals surface area contributed by atoms with Gasteiger partial charge in [0, 0.05) is 5.41 Å². The summed E-state index contributed by atoms with van der Waals surface area (Å²) in [5, 5.41) is 183. The molecule has 0 aromatic rings. The van der Waals surface area contributed by atoms with E-state index in [9.17, 15) is 91.3 Å². The first-order chi connectivity index (χ1) is 44.4. The van der Waals surface area contributed by atoms with E-state index in [0.717, 1.165) is 12.5 Å². The molecule has 14 rings (SSSR count). The molecule has 5 aliphatic carbocycles. The molecule has 9 heterocycles. The first kappa shape index (κ1) is 73.4. The summed E-state index contributed by atoms with van der Waals surface area (Å²) in [7, 11) is 0. The first-order valence-electron chi connectivity index (χ1n) is 33.3. The summed E-state index contributed by atoms with van der Waals surface area (Å²) < 4.78 is 72.1. The molecule has 31 nitrogen and oxygen atoms in total. The minimum atomic E-state index is -2.32. The average molecular weight is 1370 g/mol. The van der Waals surface area contributed by atoms with Gasteiger partial charge >= 0.3 is 17.9 Å². The topological polar surface area (TPSA) is 486 Å². The summed E-state index contributed by atoms with van der Waals surface area (Å²) in [6.07, 6.45) is -44.3. The van der Waals surface area contributed by atoms with Crippen LogP contribution in [-0.4, -0.2) is 298 Å². The number of aliphatic hydroxyl groups excluding tert-OH is 15. The maximum atomic E-state index is 15.7. The summed E-state index contributed by atoms with van der Waals surface area (Å²) in [6, 6.07) is 0. The third kappa shape index (κ3) is 12.7. The van der Waals surface area contributed by atoms with Gasteiger partial charge in [0.25, 0.3) is 0 Å². The van der Waals surface area contributed by atoms with Gasteiger partial charge in [0.1, 0.15) is 104 Å². The fourth-order valence-electron chi connectivity index (χ4n) is 18.8. The molecule has 0 unspecified atom stereocenters. The largest absolute Gasteiger partial charge is 0.463 e. The van der Waals surface area contributed by atoms with Crippen molar-refractivity contribution < 1.29 is 153 Å². The lowest BCUT2D eigenvalue weighted by molar-refractivity contribution is -0.384. The van der Waals surface area contributed by atoms with Crippen LogP contribution in [0.5, 0.6) is 0 Å². The first-order valence-corrected chi connectivity index (χ1v) is 33.3. The van der Waals surface area contributed by atoms with Crippen LogP contribution in [0.1, 0.15) is 120 Å². The number of hydrogen-bond acceptors (Lipinski definition) is 31. The molecule has 4 saturated carbocycles. The number of carbonyl (C=O) groups is 3. The van der Waals surface area contributed by atoms with Crippen LogP contribution in [0.3, 0.4) is 0 Å². The van der Waals surface area contributed by atoms with E-state index in [0.29, 0.717) is 32.1 Å². The molecule has 9 aliphatic heterocycles. The summed E-state index contributed by atoms with van der Waals surface area (Å²) in [5.41, 5.74) is -7.04. The number of aliphatic hydroxyl groups is 16. The van der Waals surface area contributed by atoms with E-state index in [1.807, 2.05) is 0 Å². The minimum absolute atomic E-state index is 0.0545. The average Bonchev–Trinajstić information content (AvgIpc) is 0.670. The van der Waals surface area contributed by atoms with Gasteiger partial charge < -0.3 is 139 Å². The standard InChI is InChI=1S/C64H100O31/c1-25-47-48(91-52-44(79)38(73)29(68)21-85-52)46(81)54(87-25)92-49-39(74)30(69)22-86-55(49)95-57(82)64-14-13-58(2,3)15-27(64)26-9-10-34-60(5)16-28(67)51(61(6,24-66)33(60)11-12-62(34,7)63(26,8)17-35(64)70)94-56-50(43(78)40(75)31(20-65)88-56)93-53-45(80)42(77)41(76)32(89-53)23-84-36(71)18-59(4,83)19-37(72)90-47/h9,25,27-35,38-56,65-70,73-81,83H,10-24H2,1-8H3/t25-,27-,28-,29+,30-,31+,32-,33+,34+,35+,38-,39-,40+,41-,42+,43-,44+,45-,46+,47-,48-,49+,50+,51-,52-,53-,54-,55-,56-,59-,60-,61-,62+,63+,64+/m0/s1. The lowest BCUT2D eigenvalue weighted by Gasteiger charge is -2.72. The van der Waals surface area contributed by atoms with Crippen LogP contribution in [0.2, 0.25) is 0 Å². The lowest BCUT2D eigenvalue weighted by atomic mass is 9.33. The molecule has 0 amide bonds. The molecule has 542 valence electrons. The van der Waals surface area contributed by atoms with Crippen molar-refractivity contribution in [1.82, 2.24) is 0 Å². The van der Waals surface area contributed by atoms with Crippen molar-refractivity contribution in [2.45, 2.75) is 285 Å². The molecule has 1 spiro atoms. The monoisotopic (exact) mass is 1360 g/mol. The number of rotatable bonds is 4. The Morgan fingerprint density at radius 1 is 0.568 bits per heavy atom. The number of ether oxygens (including phenoxy) is 12. The van der Waals surface area contributed by atoms with Gasteiger partial charge in [-0.3, -0.25) is 14.4 Å². The van der Waals surface area contributed by atoms with Crippen molar-refractivity contribution in [3.63, 3.8) is 0 Å². The Hall–Kier alpha value is -2.85. The summed E-state index contributed by atoms with van der Waals surface area (Å²) in [5.74, 6) is -4.74. The highest BCUT2D eigenvalue weighted by Crippen LogP contribution is 2.76. The van der Waals surface area contributed by atoms with Gasteiger partial charge in [0.15, 0.2) is 37.4 Å². The molecular formula is C64H100O31. The molecule has 0 aromatic carbocycles. The highest BCUT2D eigenvalue weighted by molar-refractivity contribution is 5.80. The predicted octanol–water partition coefficient (Wildman–Crippen LogP) is -4.34. The van der Waals surface area contributed by atoms with Crippen LogP contribution in [0.25, 0.3) is 0 Å². The van der Waals surface area contributed by atoms with Crippen molar-refractivity contribution in [2.75, 3.05) is 33.0 Å². The highest BCUT2D eigenvalue weighted by atomic mass is 16.8. The van der Waals surface area contributed by atoms with Gasteiger partial charge in [-0.1, -0.05) is 53.2 Å². The van der Waals surface area contributed by atoms with Crippen LogP contribution < -0.4 is 0 Å². The fraction of sp³-hybridized carbons (Fsp3) is 0.922. The van der Waals surface area contributed by atoms with E-state index < -0.39 is 268 Å². The van der Waals surface area contributed by atoms with Crippen LogP contribution in [0, 0.1) is 50.2 Å². The molecule has 12 bridgehead atoms. The van der Waals surface area contributed by atoms with Crippen LogP contribution in [-0.2, 0) is 71.2 Å². The zero-order valence-electron chi connectivity index (χ0n) is 54.7. The minimum Gasteiger partial charge on any atom is -0.463 e. The maximum absolute atomic E-state index is 15.7. The van der Waals surface area contributed by atoms with E-state index in [-0.39, 0.29) is 30.6 Å². The van der Waals surface area contributed by atoms with Gasteiger partial charge in [0.05, 0.1) is 69.3 Å². The van der Waals surface area contributed by atoms with Gasteiger partial charge in [0.2, 0.25) is 6.29 Å². The van der Waals surface area contributed by atoms with Crippen molar-refractivity contribution in [2.24, 2.45) is 50.2 Å². The molecule has 35 atom stereocenters. The zero-order chi connectivity index (χ0) is 69.4. The van der Waals surface area contributed by atoms with Crippen LogP contribution in [0.4, 0.5) is 0 Å². The third-order valence-electron chi connectivity index (χ3n) is 24.3. The molecule has 7 saturated heterocycles. The number of allylic oxidation sites excluding steroid dienone is 2. The number of hydrogen-bond donors (Lipinski definition) is 16. The smallest absolute Gasteiger partial charge is 0.317 e. The molecule has 31 heteroatoms. The van der Waals surface area contributed by atoms with Gasteiger partial charge in [-0.15, -0.1) is 0 Å². The Morgan fingerprint density at radius 2 is 1.22 bits per heavy atom. The Kier molecular flexibility index (Phi) is 20.7. The van der Waals surface area contributed by atoms with Crippen molar-refractivity contribution >= 4 is 17.9 Å². The molecule has 0 aromatic heterocycles. The van der Waals surface area contributed by atoms with Gasteiger partial charge in [-0.05, 0) is 105 Å². The maximum Gasteiger partial charge on any atom is 0.317 e. The second-order valence-electron chi connectivity index (χ2n) is 31.1. The summed E-state index contributed by atoms with van der Waals surface area (Å²) in [6.45, 7) is 11.1. The van der Waals surface area contributed by atoms with Crippen molar-refractivity contribution in [3.8, 4) is 0 Å². The van der Waals surface area contributed by atoms with Crippen LogP contribution >= 0.6 is 0 Å². The molecule has 11 fully saturated rings. The Bertz CT molecular complexity index is 2790. The molecule has 14 aliphatic rings. The molecule has 16 N–H and O–H groups in total. The van der Waals surface area contributed by atoms with Crippen molar-refractivity contribution in [3.05, 3.63) is 11.6 Å². The summed E-state index contributed by atoms with van der Waals surface area (Å²) >= 11 is 0. The normalized spacial score (nSPS) is 54.8. The summed E-state index contributed by atoms with van der Waals surface area (Å²) in [4.78, 5) is 43.1. The van der Waals surface area contributed by atoms with E-state index in [2.05, 4.69) is 40.7 Å². The van der Waals surface area contributed by atoms with Gasteiger partial charge in [-0.2, -0.15) is 0 Å². The quantitative estimate of drug-likeness (QED) is 0.0547. The van der Waals surface area contributed by atoms with Crippen molar-refractivity contribution in [1.29, 1.82) is 0 Å². The van der Waals surface area contributed by atoms with Crippen LogP contribution in [0.15, 0.2) is 11.6 Å². The number of esters is 3. The fourth-order valence-corrected chi connectivity index (χ4v) is 18.8. The highest BCUT2D eigenvalue weighted by Gasteiger charge is 2.73. The Morgan fingerprint density at radius 3 is 1.91 bits per heavy atom. The Labute approximate surface area is 549 Å². The second kappa shape index (κ2) is 26.8. The molecule has 95 heavy (non-hydrogen) atoms. The molecular weight excluding hydrogens is 1260 g/mol. The zero-order valence-corrected chi connectivity index (χ0v) is 54.7. The van der Waals surface area contributed by atoms with E-state index in [1.165, 1.54) is 6.92 Å².